The Morgan fingerprint density at radius 3 is 2.29 bits per heavy atom. The maximum atomic E-state index is 12.9. The second-order valence-corrected chi connectivity index (χ2v) is 9.94. The Kier molecular flexibility index (Phi) is 7.51. The van der Waals surface area contributed by atoms with E-state index in [0.29, 0.717) is 18.8 Å². The van der Waals surface area contributed by atoms with Crippen LogP contribution in [0.25, 0.3) is 6.08 Å². The van der Waals surface area contributed by atoms with Crippen LogP contribution in [0, 0.1) is 13.8 Å². The van der Waals surface area contributed by atoms with Crippen LogP contribution in [-0.4, -0.2) is 69.6 Å². The van der Waals surface area contributed by atoms with Gasteiger partial charge in [0.05, 0.1) is 11.9 Å². The molecule has 0 unspecified atom stereocenters. The highest BCUT2D eigenvalue weighted by Crippen LogP contribution is 2.21. The molecule has 166 valence electrons. The van der Waals surface area contributed by atoms with Crippen LogP contribution < -0.4 is 4.31 Å². The molecular weight excluding hydrogens is 410 g/mol. The first kappa shape index (κ1) is 23.0. The molecule has 0 bridgehead atoms. The Bertz CT molecular complexity index is 1030. The maximum absolute atomic E-state index is 12.9. The smallest absolute Gasteiger partial charge is 0.243 e. The van der Waals surface area contributed by atoms with Gasteiger partial charge in [-0.25, -0.2) is 8.42 Å². The van der Waals surface area contributed by atoms with Gasteiger partial charge in [0.2, 0.25) is 15.9 Å². The lowest BCUT2D eigenvalue weighted by Gasteiger charge is -2.35. The molecule has 7 heteroatoms. The largest absolute Gasteiger partial charge is 0.339 e. The van der Waals surface area contributed by atoms with Crippen molar-refractivity contribution in [3.8, 4) is 0 Å². The zero-order valence-electron chi connectivity index (χ0n) is 18.5. The van der Waals surface area contributed by atoms with Gasteiger partial charge in [0.1, 0.15) is 6.54 Å². The summed E-state index contributed by atoms with van der Waals surface area (Å²) in [5.41, 5.74) is 3.78. The molecule has 0 N–H and O–H groups in total. The summed E-state index contributed by atoms with van der Waals surface area (Å²) in [5, 5.41) is 0. The summed E-state index contributed by atoms with van der Waals surface area (Å²) in [5.74, 6) is -0.164. The van der Waals surface area contributed by atoms with Gasteiger partial charge in [-0.05, 0) is 42.7 Å². The summed E-state index contributed by atoms with van der Waals surface area (Å²) in [6.45, 7) is 7.31. The van der Waals surface area contributed by atoms with E-state index in [4.69, 9.17) is 0 Å². The third-order valence-electron chi connectivity index (χ3n) is 5.66. The topological polar surface area (TPSA) is 60.9 Å². The van der Waals surface area contributed by atoms with E-state index < -0.39 is 10.0 Å². The van der Waals surface area contributed by atoms with Crippen molar-refractivity contribution in [1.29, 1.82) is 0 Å². The monoisotopic (exact) mass is 441 g/mol. The minimum absolute atomic E-state index is 0.164. The van der Waals surface area contributed by atoms with Crippen molar-refractivity contribution in [2.45, 2.75) is 13.8 Å². The van der Waals surface area contributed by atoms with Gasteiger partial charge < -0.3 is 4.90 Å². The Balaban J connectivity index is 1.56. The number of sulfonamides is 1. The standard InChI is InChI=1S/C24H31N3O3S/c1-20-11-12-23(18-21(20)2)27(31(3,29)30)19-24(28)26-16-14-25(15-17-26)13-7-10-22-8-5-4-6-9-22/h4-12,18H,13-17,19H2,1-3H3. The molecular formula is C24H31N3O3S. The highest BCUT2D eigenvalue weighted by atomic mass is 32.2. The third-order valence-corrected chi connectivity index (χ3v) is 6.80. The van der Waals surface area contributed by atoms with Crippen molar-refractivity contribution < 1.29 is 13.2 Å². The van der Waals surface area contributed by atoms with E-state index in [2.05, 4.69) is 29.2 Å². The van der Waals surface area contributed by atoms with Gasteiger partial charge in [-0.15, -0.1) is 0 Å². The fourth-order valence-electron chi connectivity index (χ4n) is 3.59. The Morgan fingerprint density at radius 2 is 1.68 bits per heavy atom. The van der Waals surface area contributed by atoms with Gasteiger partial charge in [0.25, 0.3) is 0 Å². The highest BCUT2D eigenvalue weighted by molar-refractivity contribution is 7.92. The fourth-order valence-corrected chi connectivity index (χ4v) is 4.43. The number of rotatable bonds is 7. The average molecular weight is 442 g/mol. The van der Waals surface area contributed by atoms with Crippen LogP contribution in [-0.2, 0) is 14.8 Å². The van der Waals surface area contributed by atoms with Gasteiger partial charge in [0, 0.05) is 32.7 Å². The molecule has 2 aromatic carbocycles. The maximum Gasteiger partial charge on any atom is 0.243 e. The average Bonchev–Trinajstić information content (AvgIpc) is 2.74. The minimum Gasteiger partial charge on any atom is -0.339 e. The van der Waals surface area contributed by atoms with Crippen LogP contribution in [0.1, 0.15) is 16.7 Å². The number of hydrogen-bond donors (Lipinski definition) is 0. The molecule has 1 fully saturated rings. The second kappa shape index (κ2) is 10.1. The molecule has 0 aliphatic carbocycles. The Labute approximate surface area is 185 Å². The van der Waals surface area contributed by atoms with E-state index in [1.54, 1.807) is 11.0 Å². The normalized spacial score (nSPS) is 15.4. The highest BCUT2D eigenvalue weighted by Gasteiger charge is 2.26. The van der Waals surface area contributed by atoms with Crippen molar-refractivity contribution in [2.24, 2.45) is 0 Å². The molecule has 0 radical (unpaired) electrons. The van der Waals surface area contributed by atoms with Gasteiger partial charge in [-0.3, -0.25) is 14.0 Å². The summed E-state index contributed by atoms with van der Waals surface area (Å²) in [4.78, 5) is 16.9. The lowest BCUT2D eigenvalue weighted by atomic mass is 10.1. The molecule has 1 amide bonds. The first-order valence-electron chi connectivity index (χ1n) is 10.5. The summed E-state index contributed by atoms with van der Waals surface area (Å²) < 4.78 is 26.0. The second-order valence-electron chi connectivity index (χ2n) is 8.03. The lowest BCUT2D eigenvalue weighted by Crippen LogP contribution is -2.51. The number of carbonyl (C=O) groups excluding carboxylic acids is 1. The van der Waals surface area contributed by atoms with Crippen molar-refractivity contribution in [3.05, 3.63) is 71.3 Å². The van der Waals surface area contributed by atoms with E-state index in [-0.39, 0.29) is 12.5 Å². The molecule has 0 atom stereocenters. The third kappa shape index (κ3) is 6.42. The number of benzene rings is 2. The first-order valence-corrected chi connectivity index (χ1v) is 12.4. The van der Waals surface area contributed by atoms with Crippen molar-refractivity contribution in [2.75, 3.05) is 49.8 Å². The van der Waals surface area contributed by atoms with E-state index in [1.165, 1.54) is 9.87 Å². The molecule has 2 aromatic rings. The van der Waals surface area contributed by atoms with Crippen LogP contribution in [0.3, 0.4) is 0 Å². The Hall–Kier alpha value is -2.64. The zero-order valence-corrected chi connectivity index (χ0v) is 19.3. The quantitative estimate of drug-likeness (QED) is 0.663. The van der Waals surface area contributed by atoms with Gasteiger partial charge in [-0.1, -0.05) is 48.6 Å². The van der Waals surface area contributed by atoms with Crippen LogP contribution in [0.2, 0.25) is 0 Å². The number of amides is 1. The molecule has 6 nitrogen and oxygen atoms in total. The van der Waals surface area contributed by atoms with Crippen molar-refractivity contribution >= 4 is 27.7 Å². The molecule has 1 aliphatic heterocycles. The number of anilines is 1. The molecule has 0 spiro atoms. The molecule has 3 rings (SSSR count). The summed E-state index contributed by atoms with van der Waals surface area (Å²) in [7, 11) is -3.56. The minimum atomic E-state index is -3.56. The van der Waals surface area contributed by atoms with Crippen molar-refractivity contribution in [3.63, 3.8) is 0 Å². The number of aryl methyl sites for hydroxylation is 2. The molecule has 1 heterocycles. The molecule has 0 saturated carbocycles. The Morgan fingerprint density at radius 1 is 1.00 bits per heavy atom. The summed E-state index contributed by atoms with van der Waals surface area (Å²) in [6, 6.07) is 15.6. The van der Waals surface area contributed by atoms with Crippen LogP contribution in [0.5, 0.6) is 0 Å². The molecule has 1 saturated heterocycles. The number of nitrogens with zero attached hydrogens (tertiary/aromatic N) is 3. The predicted octanol–water partition coefficient (Wildman–Crippen LogP) is 2.93. The summed E-state index contributed by atoms with van der Waals surface area (Å²) >= 11 is 0. The van der Waals surface area contributed by atoms with Crippen LogP contribution in [0.15, 0.2) is 54.6 Å². The summed E-state index contributed by atoms with van der Waals surface area (Å²) in [6.07, 6.45) is 5.38. The van der Waals surface area contributed by atoms with E-state index in [9.17, 15) is 13.2 Å². The van der Waals surface area contributed by atoms with Crippen LogP contribution >= 0.6 is 0 Å². The van der Waals surface area contributed by atoms with E-state index in [0.717, 1.165) is 37.0 Å². The molecule has 1 aliphatic rings. The van der Waals surface area contributed by atoms with E-state index >= 15 is 0 Å². The molecule has 31 heavy (non-hydrogen) atoms. The van der Waals surface area contributed by atoms with Gasteiger partial charge in [-0.2, -0.15) is 0 Å². The zero-order chi connectivity index (χ0) is 22.4. The number of hydrogen-bond acceptors (Lipinski definition) is 4. The van der Waals surface area contributed by atoms with Gasteiger partial charge >= 0.3 is 0 Å². The predicted molar refractivity (Wildman–Crippen MR) is 127 cm³/mol. The number of piperazine rings is 1. The van der Waals surface area contributed by atoms with Crippen LogP contribution in [0.4, 0.5) is 5.69 Å². The van der Waals surface area contributed by atoms with Crippen molar-refractivity contribution in [1.82, 2.24) is 9.80 Å². The first-order chi connectivity index (χ1) is 14.7. The molecule has 0 aromatic heterocycles. The number of carbonyl (C=O) groups is 1. The van der Waals surface area contributed by atoms with E-state index in [1.807, 2.05) is 44.2 Å². The fraction of sp³-hybridized carbons (Fsp3) is 0.375. The lowest BCUT2D eigenvalue weighted by molar-refractivity contribution is -0.131. The SMILES string of the molecule is Cc1ccc(N(CC(=O)N2CCN(CC=Cc3ccccc3)CC2)S(C)(=O)=O)cc1C. The van der Waals surface area contributed by atoms with Gasteiger partial charge in [0.15, 0.2) is 0 Å².